The van der Waals surface area contributed by atoms with Crippen molar-refractivity contribution >= 4 is 11.9 Å². The standard InChI is InChI=1S/C13H22N2O3/c1-13(12(17)18)6-2-5-10(13)15-11(16)9-4-3-7-14-8-9/h9-10,14H,2-8H2,1H3,(H,15,16)(H,17,18). The number of piperidine rings is 1. The third-order valence-corrected chi connectivity index (χ3v) is 4.43. The second-order valence-electron chi connectivity index (χ2n) is 5.72. The zero-order chi connectivity index (χ0) is 13.2. The van der Waals surface area contributed by atoms with Gasteiger partial charge in [0.1, 0.15) is 0 Å². The van der Waals surface area contributed by atoms with Crippen LogP contribution in [-0.4, -0.2) is 36.1 Å². The number of carboxylic acid groups (broad SMARTS) is 1. The number of carboxylic acids is 1. The first-order chi connectivity index (χ1) is 8.54. The Balaban J connectivity index is 1.95. The highest BCUT2D eigenvalue weighted by molar-refractivity contribution is 5.82. The molecule has 3 N–H and O–H groups in total. The van der Waals surface area contributed by atoms with Crippen LogP contribution in [0.25, 0.3) is 0 Å². The SMILES string of the molecule is CC1(C(=O)O)CCCC1NC(=O)C1CCCNC1. The number of hydrogen-bond acceptors (Lipinski definition) is 3. The van der Waals surface area contributed by atoms with Crippen molar-refractivity contribution in [3.05, 3.63) is 0 Å². The molecule has 0 radical (unpaired) electrons. The highest BCUT2D eigenvalue weighted by atomic mass is 16.4. The molecule has 0 aromatic heterocycles. The van der Waals surface area contributed by atoms with Gasteiger partial charge in [-0.2, -0.15) is 0 Å². The summed E-state index contributed by atoms with van der Waals surface area (Å²) in [4.78, 5) is 23.4. The van der Waals surface area contributed by atoms with Crippen molar-refractivity contribution in [3.8, 4) is 0 Å². The van der Waals surface area contributed by atoms with Gasteiger partial charge >= 0.3 is 5.97 Å². The number of hydrogen-bond donors (Lipinski definition) is 3. The molecule has 0 aromatic rings. The predicted octanol–water partition coefficient (Wildman–Crippen LogP) is 0.746. The lowest BCUT2D eigenvalue weighted by atomic mass is 9.84. The maximum atomic E-state index is 12.1. The minimum atomic E-state index is -0.799. The highest BCUT2D eigenvalue weighted by Crippen LogP contribution is 2.38. The van der Waals surface area contributed by atoms with Crippen LogP contribution < -0.4 is 10.6 Å². The van der Waals surface area contributed by atoms with E-state index in [9.17, 15) is 14.7 Å². The first-order valence-electron chi connectivity index (χ1n) is 6.78. The van der Waals surface area contributed by atoms with Gasteiger partial charge in [0.15, 0.2) is 0 Å². The zero-order valence-electron chi connectivity index (χ0n) is 10.9. The fraction of sp³-hybridized carbons (Fsp3) is 0.846. The summed E-state index contributed by atoms with van der Waals surface area (Å²) in [5.74, 6) is -0.786. The van der Waals surface area contributed by atoms with Crippen molar-refractivity contribution in [2.75, 3.05) is 13.1 Å². The summed E-state index contributed by atoms with van der Waals surface area (Å²) >= 11 is 0. The van der Waals surface area contributed by atoms with E-state index in [1.165, 1.54) is 0 Å². The predicted molar refractivity (Wildman–Crippen MR) is 67.1 cm³/mol. The summed E-state index contributed by atoms with van der Waals surface area (Å²) < 4.78 is 0. The van der Waals surface area contributed by atoms with Gasteiger partial charge in [0, 0.05) is 12.6 Å². The lowest BCUT2D eigenvalue weighted by Crippen LogP contribution is -2.50. The Morgan fingerprint density at radius 2 is 2.11 bits per heavy atom. The number of nitrogens with one attached hydrogen (secondary N) is 2. The normalized spacial score (nSPS) is 36.3. The summed E-state index contributed by atoms with van der Waals surface area (Å²) in [5.41, 5.74) is -0.794. The molecule has 3 atom stereocenters. The quantitative estimate of drug-likeness (QED) is 0.694. The second kappa shape index (κ2) is 5.26. The number of carbonyl (C=O) groups is 2. The third-order valence-electron chi connectivity index (χ3n) is 4.43. The molecule has 5 heteroatoms. The van der Waals surface area contributed by atoms with E-state index in [0.29, 0.717) is 13.0 Å². The molecular formula is C13H22N2O3. The van der Waals surface area contributed by atoms with Crippen LogP contribution in [-0.2, 0) is 9.59 Å². The first-order valence-corrected chi connectivity index (χ1v) is 6.78. The van der Waals surface area contributed by atoms with E-state index in [1.807, 2.05) is 0 Å². The molecule has 0 spiro atoms. The lowest BCUT2D eigenvalue weighted by molar-refractivity contribution is -0.149. The Morgan fingerprint density at radius 1 is 1.33 bits per heavy atom. The van der Waals surface area contributed by atoms with Crippen molar-refractivity contribution in [3.63, 3.8) is 0 Å². The number of rotatable bonds is 3. The monoisotopic (exact) mass is 254 g/mol. The van der Waals surface area contributed by atoms with Crippen LogP contribution in [0.1, 0.15) is 39.0 Å². The average Bonchev–Trinajstić information content (AvgIpc) is 2.73. The fourth-order valence-electron chi connectivity index (χ4n) is 3.02. The summed E-state index contributed by atoms with van der Waals surface area (Å²) in [7, 11) is 0. The molecule has 1 saturated heterocycles. The largest absolute Gasteiger partial charge is 0.481 e. The summed E-state index contributed by atoms with van der Waals surface area (Å²) in [6, 6.07) is -0.218. The van der Waals surface area contributed by atoms with Gasteiger partial charge in [0.2, 0.25) is 5.91 Å². The average molecular weight is 254 g/mol. The minimum absolute atomic E-state index is 0.00241. The van der Waals surface area contributed by atoms with E-state index in [1.54, 1.807) is 6.92 Å². The van der Waals surface area contributed by atoms with Gasteiger partial charge in [0.05, 0.1) is 11.3 Å². The van der Waals surface area contributed by atoms with E-state index in [2.05, 4.69) is 10.6 Å². The molecule has 0 aromatic carbocycles. The Morgan fingerprint density at radius 3 is 2.72 bits per heavy atom. The molecule has 18 heavy (non-hydrogen) atoms. The molecule has 1 saturated carbocycles. The highest BCUT2D eigenvalue weighted by Gasteiger charge is 2.46. The maximum absolute atomic E-state index is 12.1. The van der Waals surface area contributed by atoms with Crippen molar-refractivity contribution in [1.29, 1.82) is 0 Å². The van der Waals surface area contributed by atoms with Crippen LogP contribution in [0, 0.1) is 11.3 Å². The molecule has 1 heterocycles. The molecular weight excluding hydrogens is 232 g/mol. The van der Waals surface area contributed by atoms with Crippen LogP contribution in [0.15, 0.2) is 0 Å². The van der Waals surface area contributed by atoms with E-state index in [4.69, 9.17) is 0 Å². The zero-order valence-corrected chi connectivity index (χ0v) is 10.9. The lowest BCUT2D eigenvalue weighted by Gasteiger charge is -2.30. The van der Waals surface area contributed by atoms with Gasteiger partial charge in [-0.15, -0.1) is 0 Å². The van der Waals surface area contributed by atoms with Gasteiger partial charge in [-0.25, -0.2) is 0 Å². The number of carbonyl (C=O) groups excluding carboxylic acids is 1. The van der Waals surface area contributed by atoms with Crippen molar-refractivity contribution in [2.45, 2.75) is 45.1 Å². The van der Waals surface area contributed by atoms with Crippen molar-refractivity contribution in [2.24, 2.45) is 11.3 Å². The van der Waals surface area contributed by atoms with Crippen LogP contribution in [0.5, 0.6) is 0 Å². The van der Waals surface area contributed by atoms with Gasteiger partial charge < -0.3 is 15.7 Å². The molecule has 5 nitrogen and oxygen atoms in total. The van der Waals surface area contributed by atoms with Crippen LogP contribution >= 0.6 is 0 Å². The van der Waals surface area contributed by atoms with Crippen LogP contribution in [0.4, 0.5) is 0 Å². The number of aliphatic carboxylic acids is 1. The third kappa shape index (κ3) is 2.51. The first kappa shape index (κ1) is 13.3. The Labute approximate surface area is 107 Å². The molecule has 1 aliphatic heterocycles. The molecule has 102 valence electrons. The van der Waals surface area contributed by atoms with E-state index in [0.717, 1.165) is 32.2 Å². The van der Waals surface area contributed by atoms with Gasteiger partial charge in [-0.1, -0.05) is 6.42 Å². The van der Waals surface area contributed by atoms with E-state index in [-0.39, 0.29) is 17.9 Å². The molecule has 0 bridgehead atoms. The second-order valence-corrected chi connectivity index (χ2v) is 5.72. The van der Waals surface area contributed by atoms with Gasteiger partial charge in [0.25, 0.3) is 0 Å². The van der Waals surface area contributed by atoms with Crippen molar-refractivity contribution in [1.82, 2.24) is 10.6 Å². The molecule has 2 rings (SSSR count). The minimum Gasteiger partial charge on any atom is -0.481 e. The van der Waals surface area contributed by atoms with Gasteiger partial charge in [-0.05, 0) is 39.2 Å². The van der Waals surface area contributed by atoms with E-state index < -0.39 is 11.4 Å². The summed E-state index contributed by atoms with van der Waals surface area (Å²) in [6.45, 7) is 3.43. The summed E-state index contributed by atoms with van der Waals surface area (Å²) in [6.07, 6.45) is 4.20. The molecule has 1 aliphatic carbocycles. The molecule has 3 unspecified atom stereocenters. The Kier molecular flexibility index (Phi) is 3.90. The topological polar surface area (TPSA) is 78.4 Å². The maximum Gasteiger partial charge on any atom is 0.311 e. The Bertz CT molecular complexity index is 339. The summed E-state index contributed by atoms with van der Waals surface area (Å²) in [5, 5.41) is 15.5. The molecule has 1 amide bonds. The smallest absolute Gasteiger partial charge is 0.311 e. The fourth-order valence-corrected chi connectivity index (χ4v) is 3.02. The van der Waals surface area contributed by atoms with E-state index >= 15 is 0 Å². The van der Waals surface area contributed by atoms with Crippen LogP contribution in [0.2, 0.25) is 0 Å². The molecule has 2 fully saturated rings. The number of amides is 1. The van der Waals surface area contributed by atoms with Crippen molar-refractivity contribution < 1.29 is 14.7 Å². The Hall–Kier alpha value is -1.10. The van der Waals surface area contributed by atoms with Gasteiger partial charge in [-0.3, -0.25) is 9.59 Å². The van der Waals surface area contributed by atoms with Crippen LogP contribution in [0.3, 0.4) is 0 Å². The molecule has 2 aliphatic rings.